The third-order valence-corrected chi connectivity index (χ3v) is 3.33. The van der Waals surface area contributed by atoms with E-state index in [0.717, 1.165) is 12.1 Å². The van der Waals surface area contributed by atoms with Crippen LogP contribution in [0.25, 0.3) is 0 Å². The Kier molecular flexibility index (Phi) is 3.99. The highest BCUT2D eigenvalue weighted by atomic mass is 35.5. The fraction of sp³-hybridized carbons (Fsp3) is 0.308. The van der Waals surface area contributed by atoms with Crippen molar-refractivity contribution in [3.63, 3.8) is 0 Å². The molecule has 1 unspecified atom stereocenters. The summed E-state index contributed by atoms with van der Waals surface area (Å²) >= 11 is 5.98. The summed E-state index contributed by atoms with van der Waals surface area (Å²) in [6.45, 7) is 0. The van der Waals surface area contributed by atoms with Gasteiger partial charge in [0.25, 0.3) is 0 Å². The average molecular weight is 268 g/mol. The zero-order chi connectivity index (χ0) is 13.1. The minimum atomic E-state index is -0.409. The van der Waals surface area contributed by atoms with Gasteiger partial charge in [-0.05, 0) is 31.0 Å². The summed E-state index contributed by atoms with van der Waals surface area (Å²) in [4.78, 5) is 0. The molecule has 1 aromatic carbocycles. The molecule has 0 aliphatic carbocycles. The first-order chi connectivity index (χ1) is 8.59. The van der Waals surface area contributed by atoms with Gasteiger partial charge in [0.05, 0.1) is 0 Å². The Morgan fingerprint density at radius 3 is 2.83 bits per heavy atom. The smallest absolute Gasteiger partial charge is 0.129 e. The maximum atomic E-state index is 13.7. The van der Waals surface area contributed by atoms with Crippen LogP contribution in [0.2, 0.25) is 5.02 Å². The number of nitrogens with two attached hydrogens (primary N) is 1. The molecule has 0 aliphatic rings. The monoisotopic (exact) mass is 267 g/mol. The van der Waals surface area contributed by atoms with E-state index < -0.39 is 6.04 Å². The zero-order valence-corrected chi connectivity index (χ0v) is 10.9. The van der Waals surface area contributed by atoms with Crippen LogP contribution in [0.4, 0.5) is 4.39 Å². The van der Waals surface area contributed by atoms with Gasteiger partial charge in [0.15, 0.2) is 0 Å². The second-order valence-corrected chi connectivity index (χ2v) is 4.63. The summed E-state index contributed by atoms with van der Waals surface area (Å²) in [5.41, 5.74) is 7.47. The molecule has 0 spiro atoms. The van der Waals surface area contributed by atoms with Crippen LogP contribution >= 0.6 is 11.6 Å². The van der Waals surface area contributed by atoms with Crippen molar-refractivity contribution in [1.82, 2.24) is 9.78 Å². The standard InChI is InChI=1S/C13H15ClFN3/c1-18-9(7-8-17-18)5-6-12(16)13-10(14)3-2-4-11(13)15/h2-4,7-8,12H,5-6,16H2,1H3. The third-order valence-electron chi connectivity index (χ3n) is 3.00. The summed E-state index contributed by atoms with van der Waals surface area (Å²) in [6.07, 6.45) is 3.10. The summed E-state index contributed by atoms with van der Waals surface area (Å²) in [5, 5.41) is 4.46. The van der Waals surface area contributed by atoms with Gasteiger partial charge in [0.2, 0.25) is 0 Å². The first-order valence-electron chi connectivity index (χ1n) is 5.76. The van der Waals surface area contributed by atoms with E-state index in [0.29, 0.717) is 17.0 Å². The first-order valence-corrected chi connectivity index (χ1v) is 6.13. The number of rotatable bonds is 4. The fourth-order valence-corrected chi connectivity index (χ4v) is 2.26. The van der Waals surface area contributed by atoms with Crippen molar-refractivity contribution in [2.45, 2.75) is 18.9 Å². The molecule has 2 aromatic rings. The Hall–Kier alpha value is -1.39. The van der Waals surface area contributed by atoms with Crippen LogP contribution in [0, 0.1) is 5.82 Å². The molecule has 2 N–H and O–H groups in total. The predicted molar refractivity (Wildman–Crippen MR) is 69.9 cm³/mol. The van der Waals surface area contributed by atoms with Crippen LogP contribution < -0.4 is 5.73 Å². The molecular formula is C13H15ClFN3. The van der Waals surface area contributed by atoms with Crippen molar-refractivity contribution in [1.29, 1.82) is 0 Å². The molecule has 0 saturated heterocycles. The fourth-order valence-electron chi connectivity index (χ4n) is 1.96. The van der Waals surface area contributed by atoms with Gasteiger partial charge in [0, 0.05) is 35.6 Å². The summed E-state index contributed by atoms with van der Waals surface area (Å²) in [6, 6.07) is 6.13. The van der Waals surface area contributed by atoms with E-state index in [1.807, 2.05) is 13.1 Å². The molecule has 3 nitrogen and oxygen atoms in total. The Morgan fingerprint density at radius 1 is 1.44 bits per heavy atom. The molecule has 0 saturated carbocycles. The van der Waals surface area contributed by atoms with Crippen molar-refractivity contribution in [2.24, 2.45) is 12.8 Å². The lowest BCUT2D eigenvalue weighted by molar-refractivity contribution is 0.556. The average Bonchev–Trinajstić information content (AvgIpc) is 2.72. The Morgan fingerprint density at radius 2 is 2.22 bits per heavy atom. The molecule has 96 valence electrons. The third kappa shape index (κ3) is 2.71. The highest BCUT2D eigenvalue weighted by Crippen LogP contribution is 2.27. The molecule has 5 heteroatoms. The van der Waals surface area contributed by atoms with Crippen molar-refractivity contribution in [3.05, 3.63) is 52.6 Å². The lowest BCUT2D eigenvalue weighted by Crippen LogP contribution is -2.14. The minimum absolute atomic E-state index is 0.347. The largest absolute Gasteiger partial charge is 0.324 e. The Balaban J connectivity index is 2.08. The SMILES string of the molecule is Cn1nccc1CCC(N)c1c(F)cccc1Cl. The number of aryl methyl sites for hydroxylation is 2. The van der Waals surface area contributed by atoms with Gasteiger partial charge in [-0.3, -0.25) is 4.68 Å². The van der Waals surface area contributed by atoms with Crippen molar-refractivity contribution in [3.8, 4) is 0 Å². The maximum Gasteiger partial charge on any atom is 0.129 e. The van der Waals surface area contributed by atoms with Gasteiger partial charge in [-0.15, -0.1) is 0 Å². The number of hydrogen-bond donors (Lipinski definition) is 1. The molecule has 0 fully saturated rings. The quantitative estimate of drug-likeness (QED) is 0.926. The van der Waals surface area contributed by atoms with Crippen LogP contribution in [-0.2, 0) is 13.5 Å². The van der Waals surface area contributed by atoms with Gasteiger partial charge < -0.3 is 5.73 Å². The van der Waals surface area contributed by atoms with Crippen molar-refractivity contribution >= 4 is 11.6 Å². The molecule has 2 rings (SSSR count). The molecule has 18 heavy (non-hydrogen) atoms. The molecule has 0 bridgehead atoms. The number of benzene rings is 1. The Bertz CT molecular complexity index is 519. The molecule has 0 radical (unpaired) electrons. The van der Waals surface area contributed by atoms with Gasteiger partial charge in [-0.1, -0.05) is 17.7 Å². The second-order valence-electron chi connectivity index (χ2n) is 4.23. The number of hydrogen-bond acceptors (Lipinski definition) is 2. The minimum Gasteiger partial charge on any atom is -0.324 e. The highest BCUT2D eigenvalue weighted by molar-refractivity contribution is 6.31. The van der Waals surface area contributed by atoms with Crippen LogP contribution in [0.1, 0.15) is 23.7 Å². The van der Waals surface area contributed by atoms with Gasteiger partial charge in [0.1, 0.15) is 5.82 Å². The van der Waals surface area contributed by atoms with E-state index in [1.54, 1.807) is 23.0 Å². The number of halogens is 2. The van der Waals surface area contributed by atoms with Crippen LogP contribution in [0.5, 0.6) is 0 Å². The molecule has 1 heterocycles. The Labute approximate surface area is 110 Å². The van der Waals surface area contributed by atoms with E-state index in [4.69, 9.17) is 17.3 Å². The van der Waals surface area contributed by atoms with Crippen LogP contribution in [0.3, 0.4) is 0 Å². The zero-order valence-electron chi connectivity index (χ0n) is 10.1. The van der Waals surface area contributed by atoms with E-state index in [1.165, 1.54) is 6.07 Å². The van der Waals surface area contributed by atoms with Crippen LogP contribution in [0.15, 0.2) is 30.5 Å². The van der Waals surface area contributed by atoms with Crippen molar-refractivity contribution in [2.75, 3.05) is 0 Å². The van der Waals surface area contributed by atoms with Crippen LogP contribution in [-0.4, -0.2) is 9.78 Å². The van der Waals surface area contributed by atoms with Gasteiger partial charge in [-0.2, -0.15) is 5.10 Å². The predicted octanol–water partition coefficient (Wildman–Crippen LogP) is 2.85. The lowest BCUT2D eigenvalue weighted by Gasteiger charge is -2.14. The van der Waals surface area contributed by atoms with E-state index in [2.05, 4.69) is 5.10 Å². The number of aromatic nitrogens is 2. The molecule has 1 aromatic heterocycles. The number of nitrogens with zero attached hydrogens (tertiary/aromatic N) is 2. The summed E-state index contributed by atoms with van der Waals surface area (Å²) < 4.78 is 15.5. The molecule has 0 aliphatic heterocycles. The highest BCUT2D eigenvalue weighted by Gasteiger charge is 2.15. The molecule has 1 atom stereocenters. The van der Waals surface area contributed by atoms with Crippen molar-refractivity contribution < 1.29 is 4.39 Å². The summed E-state index contributed by atoms with van der Waals surface area (Å²) in [7, 11) is 1.87. The second kappa shape index (κ2) is 5.50. The molecular weight excluding hydrogens is 253 g/mol. The topological polar surface area (TPSA) is 43.8 Å². The van der Waals surface area contributed by atoms with Gasteiger partial charge >= 0.3 is 0 Å². The van der Waals surface area contributed by atoms with E-state index >= 15 is 0 Å². The molecule has 0 amide bonds. The van der Waals surface area contributed by atoms with E-state index in [-0.39, 0.29) is 5.82 Å². The van der Waals surface area contributed by atoms with E-state index in [9.17, 15) is 4.39 Å². The van der Waals surface area contributed by atoms with Gasteiger partial charge in [-0.25, -0.2) is 4.39 Å². The first kappa shape index (κ1) is 13.1. The maximum absolute atomic E-state index is 13.7. The lowest BCUT2D eigenvalue weighted by atomic mass is 10.0. The summed E-state index contributed by atoms with van der Waals surface area (Å²) in [5.74, 6) is -0.347. The normalized spacial score (nSPS) is 12.7.